The largest absolute Gasteiger partial charge is 0.480 e. The number of aliphatic hydroxyl groups is 1. The lowest BCUT2D eigenvalue weighted by molar-refractivity contribution is -0.141. The number of nitrogens with two attached hydrogens (primary N) is 2. The highest BCUT2D eigenvalue weighted by Crippen LogP contribution is 2.10. The molecule has 6 unspecified atom stereocenters. The third kappa shape index (κ3) is 10.3. The van der Waals surface area contributed by atoms with Gasteiger partial charge in [-0.3, -0.25) is 14.4 Å². The maximum Gasteiger partial charge on any atom is 0.327 e. The molecule has 31 heavy (non-hydrogen) atoms. The van der Waals surface area contributed by atoms with Crippen molar-refractivity contribution in [1.82, 2.24) is 16.0 Å². The number of amides is 3. The Morgan fingerprint density at radius 3 is 2.00 bits per heavy atom. The summed E-state index contributed by atoms with van der Waals surface area (Å²) >= 11 is 3.92. The van der Waals surface area contributed by atoms with Crippen LogP contribution in [0.1, 0.15) is 46.5 Å². The van der Waals surface area contributed by atoms with Crippen LogP contribution < -0.4 is 27.4 Å². The van der Waals surface area contributed by atoms with Gasteiger partial charge >= 0.3 is 5.97 Å². The van der Waals surface area contributed by atoms with Gasteiger partial charge in [0, 0.05) is 5.75 Å². The predicted octanol–water partition coefficient (Wildman–Crippen LogP) is -1.66. The Kier molecular flexibility index (Phi) is 14.1. The first-order chi connectivity index (χ1) is 14.5. The first-order valence-corrected chi connectivity index (χ1v) is 11.0. The molecule has 0 aromatic carbocycles. The van der Waals surface area contributed by atoms with Gasteiger partial charge in [0.2, 0.25) is 17.7 Å². The minimum Gasteiger partial charge on any atom is -0.480 e. The van der Waals surface area contributed by atoms with Gasteiger partial charge in [0.15, 0.2) is 0 Å². The van der Waals surface area contributed by atoms with E-state index in [2.05, 4.69) is 28.6 Å². The number of aliphatic carboxylic acids is 1. The van der Waals surface area contributed by atoms with Crippen LogP contribution in [-0.2, 0) is 19.2 Å². The number of thiol groups is 1. The molecule has 3 amide bonds. The number of hydrogen-bond donors (Lipinski definition) is 8. The summed E-state index contributed by atoms with van der Waals surface area (Å²) in [5.41, 5.74) is 11.1. The van der Waals surface area contributed by atoms with Gasteiger partial charge in [0.25, 0.3) is 0 Å². The molecule has 0 aliphatic heterocycles. The van der Waals surface area contributed by atoms with Crippen molar-refractivity contribution in [2.24, 2.45) is 17.4 Å². The van der Waals surface area contributed by atoms with Crippen LogP contribution in [-0.4, -0.2) is 76.5 Å². The quantitative estimate of drug-likeness (QED) is 0.104. The van der Waals surface area contributed by atoms with Crippen molar-refractivity contribution < 1.29 is 29.4 Å². The van der Waals surface area contributed by atoms with E-state index in [1.165, 1.54) is 6.92 Å². The van der Waals surface area contributed by atoms with Crippen LogP contribution >= 0.6 is 12.6 Å². The van der Waals surface area contributed by atoms with Crippen molar-refractivity contribution in [3.05, 3.63) is 0 Å². The van der Waals surface area contributed by atoms with Crippen LogP contribution in [0.3, 0.4) is 0 Å². The van der Waals surface area contributed by atoms with Crippen molar-refractivity contribution in [2.75, 3.05) is 12.3 Å². The Bertz CT molecular complexity index is 606. The molecule has 0 bridgehead atoms. The summed E-state index contributed by atoms with van der Waals surface area (Å²) in [5, 5.41) is 26.2. The van der Waals surface area contributed by atoms with E-state index in [4.69, 9.17) is 16.6 Å². The molecule has 0 aliphatic carbocycles. The number of carboxylic acids is 1. The Morgan fingerprint density at radius 2 is 1.55 bits per heavy atom. The van der Waals surface area contributed by atoms with E-state index in [1.54, 1.807) is 6.92 Å². The van der Waals surface area contributed by atoms with Gasteiger partial charge in [0.05, 0.1) is 6.10 Å². The number of aliphatic hydroxyl groups excluding tert-OH is 1. The third-order valence-corrected chi connectivity index (χ3v) is 5.36. The van der Waals surface area contributed by atoms with E-state index < -0.39 is 54.0 Å². The van der Waals surface area contributed by atoms with Crippen LogP contribution in [0.15, 0.2) is 0 Å². The van der Waals surface area contributed by atoms with Crippen molar-refractivity contribution in [2.45, 2.75) is 76.7 Å². The normalized spacial score (nSPS) is 16.9. The zero-order chi connectivity index (χ0) is 24.1. The summed E-state index contributed by atoms with van der Waals surface area (Å²) in [4.78, 5) is 49.0. The number of carboxylic acid groups (broad SMARTS) is 1. The summed E-state index contributed by atoms with van der Waals surface area (Å²) in [6, 6.07) is -4.43. The molecular formula is C19H37N5O6S. The van der Waals surface area contributed by atoms with Crippen molar-refractivity contribution in [3.8, 4) is 0 Å². The lowest BCUT2D eigenvalue weighted by Crippen LogP contribution is -2.59. The van der Waals surface area contributed by atoms with Crippen LogP contribution in [0.5, 0.6) is 0 Å². The molecule has 0 heterocycles. The molecule has 9 N–H and O–H groups in total. The maximum atomic E-state index is 12.9. The van der Waals surface area contributed by atoms with Crippen molar-refractivity contribution >= 4 is 36.3 Å². The number of nitrogens with one attached hydrogen (secondary N) is 3. The summed E-state index contributed by atoms with van der Waals surface area (Å²) in [6.07, 6.45) is 0.823. The molecule has 0 fully saturated rings. The van der Waals surface area contributed by atoms with E-state index in [9.17, 15) is 24.3 Å². The van der Waals surface area contributed by atoms with Gasteiger partial charge in [-0.2, -0.15) is 12.6 Å². The Balaban J connectivity index is 5.47. The summed E-state index contributed by atoms with van der Waals surface area (Å²) in [7, 11) is 0. The lowest BCUT2D eigenvalue weighted by atomic mass is 9.96. The minimum absolute atomic E-state index is 0.118. The summed E-state index contributed by atoms with van der Waals surface area (Å²) in [5.74, 6) is -3.62. The number of hydrogen-bond acceptors (Lipinski definition) is 8. The highest BCUT2D eigenvalue weighted by atomic mass is 32.1. The molecule has 0 aromatic heterocycles. The first-order valence-electron chi connectivity index (χ1n) is 10.4. The van der Waals surface area contributed by atoms with Gasteiger partial charge in [0.1, 0.15) is 24.2 Å². The Morgan fingerprint density at radius 1 is 0.968 bits per heavy atom. The first kappa shape index (κ1) is 29.1. The topological polar surface area (TPSA) is 197 Å². The highest BCUT2D eigenvalue weighted by molar-refractivity contribution is 7.80. The second-order valence-corrected chi connectivity index (χ2v) is 7.93. The summed E-state index contributed by atoms with van der Waals surface area (Å²) in [6.45, 7) is 5.35. The van der Waals surface area contributed by atoms with Gasteiger partial charge in [-0.15, -0.1) is 0 Å². The fourth-order valence-corrected chi connectivity index (χ4v) is 2.90. The molecule has 180 valence electrons. The Hall–Kier alpha value is -1.89. The molecule has 0 aromatic rings. The molecule has 0 radical (unpaired) electrons. The van der Waals surface area contributed by atoms with Gasteiger partial charge in [-0.05, 0) is 38.6 Å². The average molecular weight is 464 g/mol. The smallest absolute Gasteiger partial charge is 0.327 e. The van der Waals surface area contributed by atoms with Crippen LogP contribution in [0.25, 0.3) is 0 Å². The van der Waals surface area contributed by atoms with Crippen LogP contribution in [0.4, 0.5) is 0 Å². The zero-order valence-electron chi connectivity index (χ0n) is 18.3. The maximum absolute atomic E-state index is 12.9. The lowest BCUT2D eigenvalue weighted by Gasteiger charge is -2.28. The fourth-order valence-electron chi connectivity index (χ4n) is 2.65. The molecule has 11 nitrogen and oxygen atoms in total. The number of carbonyl (C=O) groups is 4. The van der Waals surface area contributed by atoms with Crippen molar-refractivity contribution in [1.29, 1.82) is 0 Å². The molecule has 0 aliphatic rings. The average Bonchev–Trinajstić information content (AvgIpc) is 2.72. The second-order valence-electron chi connectivity index (χ2n) is 7.57. The second kappa shape index (κ2) is 15.0. The molecule has 0 saturated heterocycles. The predicted molar refractivity (Wildman–Crippen MR) is 119 cm³/mol. The van der Waals surface area contributed by atoms with E-state index >= 15 is 0 Å². The third-order valence-electron chi connectivity index (χ3n) is 4.99. The molecule has 0 saturated carbocycles. The van der Waals surface area contributed by atoms with E-state index in [0.717, 1.165) is 0 Å². The zero-order valence-corrected chi connectivity index (χ0v) is 19.2. The molecule has 12 heteroatoms. The van der Waals surface area contributed by atoms with E-state index in [1.807, 2.05) is 6.92 Å². The molecule has 0 spiro atoms. The molecular weight excluding hydrogens is 426 g/mol. The standard InChI is InChI=1S/C19H37N5O6S/c1-4-10(2)15(24-17(27)14(21)11(3)25)18(28)22-12(7-5-6-8-20)16(26)23-13(9-31)19(29)30/h10-15,25,31H,4-9,20-21H2,1-3H3,(H,22,28)(H,23,26)(H,24,27)(H,29,30). The van der Waals surface area contributed by atoms with Gasteiger partial charge in [-0.25, -0.2) is 4.79 Å². The highest BCUT2D eigenvalue weighted by Gasteiger charge is 2.32. The van der Waals surface area contributed by atoms with Crippen LogP contribution in [0.2, 0.25) is 0 Å². The molecule has 6 atom stereocenters. The number of rotatable bonds is 15. The van der Waals surface area contributed by atoms with E-state index in [-0.39, 0.29) is 18.1 Å². The van der Waals surface area contributed by atoms with Gasteiger partial charge < -0.3 is 37.6 Å². The SMILES string of the molecule is CCC(C)C(NC(=O)C(N)C(C)O)C(=O)NC(CCCCN)C(=O)NC(CS)C(=O)O. The number of carbonyl (C=O) groups excluding carboxylic acids is 3. The summed E-state index contributed by atoms with van der Waals surface area (Å²) < 4.78 is 0. The van der Waals surface area contributed by atoms with E-state index in [0.29, 0.717) is 25.8 Å². The minimum atomic E-state index is -1.24. The van der Waals surface area contributed by atoms with Crippen molar-refractivity contribution in [3.63, 3.8) is 0 Å². The molecule has 0 rings (SSSR count). The van der Waals surface area contributed by atoms with Gasteiger partial charge in [-0.1, -0.05) is 20.3 Å². The Labute approximate surface area is 188 Å². The fraction of sp³-hybridized carbons (Fsp3) is 0.789. The number of unbranched alkanes of at least 4 members (excludes halogenated alkanes) is 1. The monoisotopic (exact) mass is 463 g/mol. The van der Waals surface area contributed by atoms with Crippen LogP contribution in [0, 0.1) is 5.92 Å².